The first kappa shape index (κ1) is 21.9. The van der Waals surface area contributed by atoms with Gasteiger partial charge < -0.3 is 9.88 Å². The van der Waals surface area contributed by atoms with Crippen LogP contribution in [0.5, 0.6) is 0 Å². The molecule has 0 bridgehead atoms. The lowest BCUT2D eigenvalue weighted by molar-refractivity contribution is -0.126. The number of aromatic nitrogens is 1. The number of benzene rings is 2. The molecule has 4 aromatic rings. The van der Waals surface area contributed by atoms with Gasteiger partial charge in [0.1, 0.15) is 21.9 Å². The highest BCUT2D eigenvalue weighted by molar-refractivity contribution is 9.10. The van der Waals surface area contributed by atoms with Crippen molar-refractivity contribution >= 4 is 55.0 Å². The lowest BCUT2D eigenvalue weighted by Crippen LogP contribution is -2.64. The summed E-state index contributed by atoms with van der Waals surface area (Å²) in [6.07, 6.45) is 0. The molecule has 5 nitrogen and oxygen atoms in total. The molecule has 0 saturated carbocycles. The van der Waals surface area contributed by atoms with Gasteiger partial charge in [-0.15, -0.1) is 11.3 Å². The van der Waals surface area contributed by atoms with Crippen LogP contribution >= 0.6 is 27.3 Å². The molecule has 2 aromatic heterocycles. The molecule has 0 radical (unpaired) electrons. The second-order valence-electron chi connectivity index (χ2n) is 8.45. The van der Waals surface area contributed by atoms with Crippen LogP contribution in [0.4, 0.5) is 10.1 Å². The summed E-state index contributed by atoms with van der Waals surface area (Å²) in [6, 6.07) is 15.5. The third-order valence-electron chi connectivity index (χ3n) is 6.14. The number of carbonyl (C=O) groups is 2. The minimum atomic E-state index is -1.17. The van der Waals surface area contributed by atoms with Crippen LogP contribution in [0.25, 0.3) is 10.2 Å². The number of aryl methyl sites for hydroxylation is 1. The number of carbonyl (C=O) groups excluding carboxylic acids is 2. The van der Waals surface area contributed by atoms with Crippen molar-refractivity contribution in [3.8, 4) is 0 Å². The summed E-state index contributed by atoms with van der Waals surface area (Å²) in [7, 11) is 0. The molecule has 0 unspecified atom stereocenters. The molecule has 0 saturated heterocycles. The van der Waals surface area contributed by atoms with Crippen molar-refractivity contribution in [2.24, 2.45) is 0 Å². The standard InChI is InChI=1S/C25H21BrFN3O2S/c1-15-11-19(7-8-20(15)26)30-22(31)21-12-17-9-10-33-23(17)29(21)14-25(30,2)24(32)28-13-16-3-5-18(27)6-4-16/h3-12H,13-14H2,1-2H3,(H,28,32)/t25-/m1/s1. The van der Waals surface area contributed by atoms with E-state index in [0.29, 0.717) is 17.9 Å². The molecule has 1 aliphatic rings. The van der Waals surface area contributed by atoms with Crippen molar-refractivity contribution in [3.63, 3.8) is 0 Å². The fraction of sp³-hybridized carbons (Fsp3) is 0.200. The van der Waals surface area contributed by atoms with Gasteiger partial charge in [0.2, 0.25) is 5.91 Å². The van der Waals surface area contributed by atoms with Crippen molar-refractivity contribution in [2.45, 2.75) is 32.5 Å². The summed E-state index contributed by atoms with van der Waals surface area (Å²) in [5, 5.41) is 5.94. The van der Waals surface area contributed by atoms with Crippen molar-refractivity contribution in [1.82, 2.24) is 9.88 Å². The van der Waals surface area contributed by atoms with Gasteiger partial charge in [0.15, 0.2) is 0 Å². The highest BCUT2D eigenvalue weighted by Crippen LogP contribution is 2.38. The minimum Gasteiger partial charge on any atom is -0.350 e. The molecule has 0 spiro atoms. The molecule has 168 valence electrons. The largest absolute Gasteiger partial charge is 0.350 e. The number of thiophene rings is 1. The first-order chi connectivity index (χ1) is 15.8. The molecule has 1 N–H and O–H groups in total. The Bertz CT molecular complexity index is 1390. The Morgan fingerprint density at radius 3 is 2.67 bits per heavy atom. The Morgan fingerprint density at radius 1 is 1.18 bits per heavy atom. The third kappa shape index (κ3) is 3.67. The smallest absolute Gasteiger partial charge is 0.275 e. The maximum absolute atomic E-state index is 13.8. The van der Waals surface area contributed by atoms with Crippen LogP contribution in [0.15, 0.2) is 64.5 Å². The summed E-state index contributed by atoms with van der Waals surface area (Å²) in [6.45, 7) is 4.31. The molecule has 2 amide bonds. The zero-order valence-electron chi connectivity index (χ0n) is 18.1. The zero-order chi connectivity index (χ0) is 23.3. The first-order valence-corrected chi connectivity index (χ1v) is 12.2. The average molecular weight is 526 g/mol. The molecular formula is C25H21BrFN3O2S. The second kappa shape index (κ2) is 8.11. The summed E-state index contributed by atoms with van der Waals surface area (Å²) in [5.41, 5.74) is 1.82. The number of halogens is 2. The van der Waals surface area contributed by atoms with E-state index in [2.05, 4.69) is 21.2 Å². The quantitative estimate of drug-likeness (QED) is 0.374. The van der Waals surface area contributed by atoms with Crippen LogP contribution in [0.3, 0.4) is 0 Å². The van der Waals surface area contributed by atoms with E-state index >= 15 is 0 Å². The molecule has 1 aliphatic heterocycles. The molecule has 33 heavy (non-hydrogen) atoms. The van der Waals surface area contributed by atoms with Gasteiger partial charge in [-0.25, -0.2) is 4.39 Å². The van der Waals surface area contributed by atoms with E-state index in [1.54, 1.807) is 35.3 Å². The van der Waals surface area contributed by atoms with Gasteiger partial charge in [0.05, 0.1) is 6.54 Å². The minimum absolute atomic E-state index is 0.217. The number of hydrogen-bond acceptors (Lipinski definition) is 3. The number of hydrogen-bond donors (Lipinski definition) is 1. The molecule has 8 heteroatoms. The summed E-state index contributed by atoms with van der Waals surface area (Å²) in [4.78, 5) is 30.0. The molecule has 5 rings (SSSR count). The second-order valence-corrected chi connectivity index (χ2v) is 10.2. The Labute approximate surface area is 203 Å². The van der Waals surface area contributed by atoms with Crippen LogP contribution in [0, 0.1) is 12.7 Å². The predicted octanol–water partition coefficient (Wildman–Crippen LogP) is 5.65. The lowest BCUT2D eigenvalue weighted by Gasteiger charge is -2.44. The Balaban J connectivity index is 1.56. The van der Waals surface area contributed by atoms with E-state index in [4.69, 9.17) is 0 Å². The van der Waals surface area contributed by atoms with Crippen LogP contribution in [-0.2, 0) is 17.9 Å². The highest BCUT2D eigenvalue weighted by Gasteiger charge is 2.48. The van der Waals surface area contributed by atoms with Gasteiger partial charge in [-0.3, -0.25) is 14.5 Å². The lowest BCUT2D eigenvalue weighted by atomic mass is 9.93. The molecule has 3 heterocycles. The molecule has 2 aromatic carbocycles. The third-order valence-corrected chi connectivity index (χ3v) is 7.98. The van der Waals surface area contributed by atoms with E-state index in [-0.39, 0.29) is 24.2 Å². The predicted molar refractivity (Wildman–Crippen MR) is 132 cm³/mol. The Kier molecular flexibility index (Phi) is 5.37. The van der Waals surface area contributed by atoms with Gasteiger partial charge in [-0.2, -0.15) is 0 Å². The maximum Gasteiger partial charge on any atom is 0.275 e. The monoisotopic (exact) mass is 525 g/mol. The molecule has 0 aliphatic carbocycles. The van der Waals surface area contributed by atoms with E-state index in [9.17, 15) is 14.0 Å². The molecule has 0 fully saturated rings. The van der Waals surface area contributed by atoms with Gasteiger partial charge in [0, 0.05) is 22.1 Å². The topological polar surface area (TPSA) is 54.3 Å². The Morgan fingerprint density at radius 2 is 1.94 bits per heavy atom. The summed E-state index contributed by atoms with van der Waals surface area (Å²) < 4.78 is 16.1. The van der Waals surface area contributed by atoms with Gasteiger partial charge in [-0.1, -0.05) is 28.1 Å². The van der Waals surface area contributed by atoms with E-state index in [1.165, 1.54) is 12.1 Å². The van der Waals surface area contributed by atoms with Crippen LogP contribution in [0.2, 0.25) is 0 Å². The number of amides is 2. The van der Waals surface area contributed by atoms with Crippen molar-refractivity contribution in [1.29, 1.82) is 0 Å². The molecule has 1 atom stereocenters. The maximum atomic E-state index is 13.8. The van der Waals surface area contributed by atoms with Gasteiger partial charge in [0.25, 0.3) is 5.91 Å². The van der Waals surface area contributed by atoms with Gasteiger partial charge in [-0.05, 0) is 72.8 Å². The summed E-state index contributed by atoms with van der Waals surface area (Å²) >= 11 is 5.07. The van der Waals surface area contributed by atoms with E-state index in [0.717, 1.165) is 25.8 Å². The van der Waals surface area contributed by atoms with E-state index < -0.39 is 5.54 Å². The zero-order valence-corrected chi connectivity index (χ0v) is 20.5. The van der Waals surface area contributed by atoms with Crippen molar-refractivity contribution in [2.75, 3.05) is 4.90 Å². The fourth-order valence-corrected chi connectivity index (χ4v) is 5.49. The number of anilines is 1. The van der Waals surface area contributed by atoms with Crippen molar-refractivity contribution < 1.29 is 14.0 Å². The highest BCUT2D eigenvalue weighted by atomic mass is 79.9. The number of rotatable bonds is 4. The van der Waals surface area contributed by atoms with Crippen molar-refractivity contribution in [3.05, 3.63) is 87.1 Å². The Hall–Kier alpha value is -2.97. The SMILES string of the molecule is Cc1cc(N2C(=O)c3cc4ccsc4n3C[C@]2(C)C(=O)NCc2ccc(F)cc2)ccc1Br. The van der Waals surface area contributed by atoms with Crippen LogP contribution in [0.1, 0.15) is 28.5 Å². The van der Waals surface area contributed by atoms with Crippen LogP contribution < -0.4 is 10.2 Å². The van der Waals surface area contributed by atoms with Crippen LogP contribution in [-0.4, -0.2) is 21.9 Å². The molecular weight excluding hydrogens is 505 g/mol. The normalized spacial score (nSPS) is 17.9. The van der Waals surface area contributed by atoms with E-state index in [1.807, 2.05) is 47.2 Å². The average Bonchev–Trinajstić information content (AvgIpc) is 3.38. The van der Waals surface area contributed by atoms with Gasteiger partial charge >= 0.3 is 0 Å². The number of nitrogens with zero attached hydrogens (tertiary/aromatic N) is 2. The first-order valence-electron chi connectivity index (χ1n) is 10.5. The number of nitrogens with one attached hydrogen (secondary N) is 1. The number of fused-ring (bicyclic) bond motifs is 3. The summed E-state index contributed by atoms with van der Waals surface area (Å²) in [5.74, 6) is -0.817. The fourth-order valence-electron chi connectivity index (χ4n) is 4.34.